The van der Waals surface area contributed by atoms with Crippen LogP contribution in [0, 0.1) is 19.8 Å². The molecule has 0 atom stereocenters. The molecule has 1 N–H and O–H groups in total. The van der Waals surface area contributed by atoms with Crippen LogP contribution in [0.25, 0.3) is 5.65 Å². The van der Waals surface area contributed by atoms with Crippen LogP contribution in [-0.4, -0.2) is 20.5 Å². The van der Waals surface area contributed by atoms with Crippen molar-refractivity contribution in [3.05, 3.63) is 29.2 Å². The monoisotopic (exact) mass is 246 g/mol. The molecule has 0 bridgehead atoms. The van der Waals surface area contributed by atoms with E-state index >= 15 is 0 Å². The van der Waals surface area contributed by atoms with E-state index in [1.54, 1.807) is 10.7 Å². The van der Waals surface area contributed by atoms with E-state index in [2.05, 4.69) is 15.4 Å². The average molecular weight is 246 g/mol. The summed E-state index contributed by atoms with van der Waals surface area (Å²) in [7, 11) is 0. The van der Waals surface area contributed by atoms with E-state index < -0.39 is 0 Å². The van der Waals surface area contributed by atoms with Crippen LogP contribution < -0.4 is 5.32 Å². The van der Waals surface area contributed by atoms with Crippen molar-refractivity contribution in [2.45, 2.75) is 34.2 Å². The van der Waals surface area contributed by atoms with Gasteiger partial charge >= 0.3 is 0 Å². The molecule has 0 aliphatic rings. The second-order valence-electron chi connectivity index (χ2n) is 4.82. The van der Waals surface area contributed by atoms with Crippen LogP contribution in [0.2, 0.25) is 0 Å². The van der Waals surface area contributed by atoms with Crippen LogP contribution >= 0.6 is 0 Å². The van der Waals surface area contributed by atoms with Gasteiger partial charge in [-0.25, -0.2) is 9.50 Å². The summed E-state index contributed by atoms with van der Waals surface area (Å²) in [6.45, 7) is 8.16. The molecular formula is C13H18N4O. The second kappa shape index (κ2) is 4.76. The first kappa shape index (κ1) is 12.5. The molecule has 2 aromatic heterocycles. The highest BCUT2D eigenvalue weighted by Gasteiger charge is 2.11. The van der Waals surface area contributed by atoms with Crippen LogP contribution in [0.3, 0.4) is 0 Å². The molecule has 0 saturated heterocycles. The second-order valence-corrected chi connectivity index (χ2v) is 4.82. The van der Waals surface area contributed by atoms with Gasteiger partial charge in [0.15, 0.2) is 5.65 Å². The fraction of sp³-hybridized carbons (Fsp3) is 0.462. The lowest BCUT2D eigenvalue weighted by atomic mass is 10.2. The summed E-state index contributed by atoms with van der Waals surface area (Å²) in [5.41, 5.74) is 3.75. The van der Waals surface area contributed by atoms with E-state index in [1.165, 1.54) is 0 Å². The van der Waals surface area contributed by atoms with E-state index in [1.807, 2.05) is 33.8 Å². The lowest BCUT2D eigenvalue weighted by Gasteiger charge is -2.06. The van der Waals surface area contributed by atoms with Gasteiger partial charge in [-0.15, -0.1) is 0 Å². The number of rotatable bonds is 3. The highest BCUT2D eigenvalue weighted by atomic mass is 16.1. The van der Waals surface area contributed by atoms with Crippen molar-refractivity contribution in [3.8, 4) is 0 Å². The van der Waals surface area contributed by atoms with Crippen molar-refractivity contribution in [3.63, 3.8) is 0 Å². The molecule has 0 fully saturated rings. The van der Waals surface area contributed by atoms with Gasteiger partial charge in [-0.05, 0) is 19.9 Å². The van der Waals surface area contributed by atoms with Crippen molar-refractivity contribution in [1.29, 1.82) is 0 Å². The first-order valence-corrected chi connectivity index (χ1v) is 6.07. The molecule has 0 aliphatic heterocycles. The minimum atomic E-state index is -0.0109. The zero-order valence-corrected chi connectivity index (χ0v) is 11.2. The average Bonchev–Trinajstić information content (AvgIpc) is 2.69. The largest absolute Gasteiger partial charge is 0.352 e. The maximum atomic E-state index is 11.5. The van der Waals surface area contributed by atoms with Crippen LogP contribution in [0.1, 0.15) is 30.8 Å². The Bertz CT molecular complexity index is 586. The summed E-state index contributed by atoms with van der Waals surface area (Å²) in [5.74, 6) is 0.0296. The molecule has 2 heterocycles. The van der Waals surface area contributed by atoms with E-state index in [9.17, 15) is 4.79 Å². The van der Waals surface area contributed by atoms with Crippen LogP contribution in [0.15, 0.2) is 12.3 Å². The van der Waals surface area contributed by atoms with Crippen LogP contribution in [-0.2, 0) is 11.3 Å². The predicted molar refractivity (Wildman–Crippen MR) is 69.1 cm³/mol. The van der Waals surface area contributed by atoms with Gasteiger partial charge in [-0.2, -0.15) is 5.10 Å². The number of fused-ring (bicyclic) bond motifs is 1. The van der Waals surface area contributed by atoms with Gasteiger partial charge in [-0.1, -0.05) is 13.8 Å². The molecule has 1 amide bonds. The van der Waals surface area contributed by atoms with E-state index in [4.69, 9.17) is 0 Å². The number of aryl methyl sites for hydroxylation is 2. The summed E-state index contributed by atoms with van der Waals surface area (Å²) >= 11 is 0. The van der Waals surface area contributed by atoms with Crippen molar-refractivity contribution in [2.75, 3.05) is 0 Å². The van der Waals surface area contributed by atoms with Gasteiger partial charge in [0.25, 0.3) is 0 Å². The Morgan fingerprint density at radius 2 is 2.17 bits per heavy atom. The third-order valence-corrected chi connectivity index (χ3v) is 2.83. The van der Waals surface area contributed by atoms with Gasteiger partial charge in [0, 0.05) is 29.4 Å². The van der Waals surface area contributed by atoms with Crippen molar-refractivity contribution in [2.24, 2.45) is 5.92 Å². The number of aromatic nitrogens is 3. The molecule has 5 nitrogen and oxygen atoms in total. The zero-order valence-electron chi connectivity index (χ0n) is 11.2. The van der Waals surface area contributed by atoms with Crippen LogP contribution in [0.4, 0.5) is 0 Å². The van der Waals surface area contributed by atoms with E-state index in [0.29, 0.717) is 6.54 Å². The molecule has 0 spiro atoms. The van der Waals surface area contributed by atoms with E-state index in [0.717, 1.165) is 22.6 Å². The highest BCUT2D eigenvalue weighted by Crippen LogP contribution is 2.11. The topological polar surface area (TPSA) is 59.3 Å². The molecular weight excluding hydrogens is 228 g/mol. The number of amides is 1. The lowest BCUT2D eigenvalue weighted by molar-refractivity contribution is -0.124. The quantitative estimate of drug-likeness (QED) is 0.895. The smallest absolute Gasteiger partial charge is 0.222 e. The maximum Gasteiger partial charge on any atom is 0.222 e. The summed E-state index contributed by atoms with van der Waals surface area (Å²) in [4.78, 5) is 16.0. The van der Waals surface area contributed by atoms with Gasteiger partial charge in [0.05, 0.1) is 6.20 Å². The minimum absolute atomic E-state index is 0.0109. The molecule has 2 aromatic rings. The standard InChI is InChI=1S/C13H18N4O/c1-8(2)13(18)14-6-11-7-15-17-10(4)5-9(3)16-12(11)17/h5,7-8H,6H2,1-4H3,(H,14,18). The third-order valence-electron chi connectivity index (χ3n) is 2.83. The maximum absolute atomic E-state index is 11.5. The summed E-state index contributed by atoms with van der Waals surface area (Å²) < 4.78 is 1.80. The SMILES string of the molecule is Cc1cc(C)n2ncc(CNC(=O)C(C)C)c2n1. The fourth-order valence-corrected chi connectivity index (χ4v) is 1.83. The molecule has 0 unspecified atom stereocenters. The Morgan fingerprint density at radius 1 is 1.44 bits per heavy atom. The highest BCUT2D eigenvalue weighted by molar-refractivity contribution is 5.78. The molecule has 0 radical (unpaired) electrons. The summed E-state index contributed by atoms with van der Waals surface area (Å²) in [6, 6.07) is 1.98. The number of hydrogen-bond acceptors (Lipinski definition) is 3. The Morgan fingerprint density at radius 3 is 2.83 bits per heavy atom. The normalized spacial score (nSPS) is 11.2. The van der Waals surface area contributed by atoms with Crippen molar-refractivity contribution in [1.82, 2.24) is 19.9 Å². The molecule has 0 aromatic carbocycles. The van der Waals surface area contributed by atoms with Gasteiger partial charge < -0.3 is 5.32 Å². The van der Waals surface area contributed by atoms with Gasteiger partial charge in [-0.3, -0.25) is 4.79 Å². The number of nitrogens with one attached hydrogen (secondary N) is 1. The molecule has 2 rings (SSSR count). The van der Waals surface area contributed by atoms with Crippen molar-refractivity contribution >= 4 is 11.6 Å². The zero-order chi connectivity index (χ0) is 13.3. The minimum Gasteiger partial charge on any atom is -0.352 e. The number of hydrogen-bond donors (Lipinski definition) is 1. The Kier molecular flexibility index (Phi) is 3.32. The molecule has 0 saturated carbocycles. The first-order chi connectivity index (χ1) is 8.49. The molecule has 96 valence electrons. The van der Waals surface area contributed by atoms with Crippen LogP contribution in [0.5, 0.6) is 0 Å². The molecule has 5 heteroatoms. The Balaban J connectivity index is 2.27. The number of carbonyl (C=O) groups is 1. The molecule has 18 heavy (non-hydrogen) atoms. The number of carbonyl (C=O) groups excluding carboxylic acids is 1. The Labute approximate surface area is 106 Å². The Hall–Kier alpha value is -1.91. The molecule has 0 aliphatic carbocycles. The predicted octanol–water partition coefficient (Wildman–Crippen LogP) is 1.62. The third kappa shape index (κ3) is 2.34. The summed E-state index contributed by atoms with van der Waals surface area (Å²) in [6.07, 6.45) is 1.76. The van der Waals surface area contributed by atoms with Gasteiger partial charge in [0.2, 0.25) is 5.91 Å². The fourth-order valence-electron chi connectivity index (χ4n) is 1.83. The first-order valence-electron chi connectivity index (χ1n) is 6.07. The lowest BCUT2D eigenvalue weighted by Crippen LogP contribution is -2.27. The van der Waals surface area contributed by atoms with Gasteiger partial charge in [0.1, 0.15) is 0 Å². The summed E-state index contributed by atoms with van der Waals surface area (Å²) in [5, 5.41) is 7.17. The van der Waals surface area contributed by atoms with E-state index in [-0.39, 0.29) is 11.8 Å². The number of nitrogens with zero attached hydrogens (tertiary/aromatic N) is 3. The van der Waals surface area contributed by atoms with Crippen molar-refractivity contribution < 1.29 is 4.79 Å².